The Morgan fingerprint density at radius 1 is 0.886 bits per heavy atom. The fraction of sp³-hybridized carbons (Fsp3) is 0.241. The molecule has 0 fully saturated rings. The van der Waals surface area contributed by atoms with E-state index in [0.29, 0.717) is 32.3 Å². The number of rotatable bonds is 6. The molecule has 3 aromatic carbocycles. The summed E-state index contributed by atoms with van der Waals surface area (Å²) in [6.45, 7) is 5.79. The smallest absolute Gasteiger partial charge is 0.259 e. The first-order valence-corrected chi connectivity index (χ1v) is 12.4. The van der Waals surface area contributed by atoms with Crippen molar-refractivity contribution in [2.24, 2.45) is 0 Å². The summed E-state index contributed by atoms with van der Waals surface area (Å²) in [5.41, 5.74) is 5.96. The van der Waals surface area contributed by atoms with Gasteiger partial charge in [0, 0.05) is 29.2 Å². The van der Waals surface area contributed by atoms with Crippen molar-refractivity contribution in [1.29, 1.82) is 0 Å². The van der Waals surface area contributed by atoms with Crippen molar-refractivity contribution in [2.75, 3.05) is 11.6 Å². The molecule has 178 valence electrons. The van der Waals surface area contributed by atoms with Crippen LogP contribution < -0.4 is 10.5 Å². The molecule has 0 atom stereocenters. The summed E-state index contributed by atoms with van der Waals surface area (Å²) >= 11 is 6.48. The molecule has 0 spiro atoms. The lowest BCUT2D eigenvalue weighted by atomic mass is 10.1. The molecule has 1 aromatic heterocycles. The number of hydrogen-bond donors (Lipinski definition) is 0. The van der Waals surface area contributed by atoms with Crippen molar-refractivity contribution in [3.63, 3.8) is 0 Å². The maximum absolute atomic E-state index is 13.8. The molecule has 1 aliphatic rings. The predicted molar refractivity (Wildman–Crippen MR) is 142 cm³/mol. The van der Waals surface area contributed by atoms with Gasteiger partial charge in [-0.15, -0.1) is 0 Å². The standard InChI is InChI=1S/C29H29ClN4O/c1-3-22-13-15-25(16-14-22)33-19-32(18-24-11-7-8-12-27(24)30)20-34-28(35)26(21(2)31-29(33)34)17-23-9-5-4-6-10-23/h4-16H,3,17-20H2,1-2H3. The summed E-state index contributed by atoms with van der Waals surface area (Å²) in [6.07, 6.45) is 1.55. The molecule has 0 amide bonds. The van der Waals surface area contributed by atoms with E-state index in [1.165, 1.54) is 5.56 Å². The quantitative estimate of drug-likeness (QED) is 0.340. The fourth-order valence-corrected chi connectivity index (χ4v) is 4.80. The van der Waals surface area contributed by atoms with Crippen molar-refractivity contribution in [3.8, 4) is 0 Å². The minimum absolute atomic E-state index is 0.00962. The number of hydrogen-bond acceptors (Lipinski definition) is 4. The van der Waals surface area contributed by atoms with Gasteiger partial charge in [-0.3, -0.25) is 19.2 Å². The Labute approximate surface area is 211 Å². The second-order valence-corrected chi connectivity index (χ2v) is 9.43. The Hall–Kier alpha value is -3.41. The summed E-state index contributed by atoms with van der Waals surface area (Å²) in [5, 5.41) is 0.733. The molecular formula is C29H29ClN4O. The third-order valence-electron chi connectivity index (χ3n) is 6.61. The molecule has 0 saturated carbocycles. The van der Waals surface area contributed by atoms with Crippen LogP contribution in [-0.2, 0) is 26.1 Å². The summed E-state index contributed by atoms with van der Waals surface area (Å²) in [6, 6.07) is 26.5. The molecule has 0 saturated heterocycles. The van der Waals surface area contributed by atoms with E-state index in [1.807, 2.05) is 61.5 Å². The van der Waals surface area contributed by atoms with E-state index in [-0.39, 0.29) is 5.56 Å². The molecule has 5 rings (SSSR count). The van der Waals surface area contributed by atoms with Crippen LogP contribution in [0.1, 0.15) is 34.9 Å². The molecule has 1 aliphatic heterocycles. The molecule has 0 bridgehead atoms. The molecular weight excluding hydrogens is 456 g/mol. The third-order valence-corrected chi connectivity index (χ3v) is 6.97. The summed E-state index contributed by atoms with van der Waals surface area (Å²) < 4.78 is 1.80. The molecule has 0 aliphatic carbocycles. The number of aromatic nitrogens is 2. The largest absolute Gasteiger partial charge is 0.298 e. The highest BCUT2D eigenvalue weighted by Gasteiger charge is 2.28. The van der Waals surface area contributed by atoms with Gasteiger partial charge in [-0.1, -0.05) is 79.2 Å². The maximum atomic E-state index is 13.8. The molecule has 6 heteroatoms. The lowest BCUT2D eigenvalue weighted by molar-refractivity contribution is 0.190. The van der Waals surface area contributed by atoms with Crippen LogP contribution in [-0.4, -0.2) is 21.1 Å². The van der Waals surface area contributed by atoms with Crippen LogP contribution in [0.5, 0.6) is 0 Å². The highest BCUT2D eigenvalue weighted by Crippen LogP contribution is 2.30. The van der Waals surface area contributed by atoms with Crippen LogP contribution >= 0.6 is 11.6 Å². The zero-order valence-electron chi connectivity index (χ0n) is 20.1. The maximum Gasteiger partial charge on any atom is 0.259 e. The fourth-order valence-electron chi connectivity index (χ4n) is 4.61. The highest BCUT2D eigenvalue weighted by atomic mass is 35.5. The Morgan fingerprint density at radius 3 is 2.31 bits per heavy atom. The van der Waals surface area contributed by atoms with Crippen molar-refractivity contribution >= 4 is 23.2 Å². The van der Waals surface area contributed by atoms with Crippen molar-refractivity contribution in [2.45, 2.75) is 39.9 Å². The number of halogens is 1. The number of aryl methyl sites for hydroxylation is 2. The SMILES string of the molecule is CCc1ccc(N2CN(Cc3ccccc3Cl)Cn3c2nc(C)c(Cc2ccccc2)c3=O)cc1. The number of fused-ring (bicyclic) bond motifs is 1. The van der Waals surface area contributed by atoms with E-state index >= 15 is 0 Å². The van der Waals surface area contributed by atoms with E-state index in [4.69, 9.17) is 16.6 Å². The average Bonchev–Trinajstić information content (AvgIpc) is 2.89. The molecule has 0 unspecified atom stereocenters. The van der Waals surface area contributed by atoms with Gasteiger partial charge in [-0.25, -0.2) is 4.98 Å². The van der Waals surface area contributed by atoms with Gasteiger partial charge < -0.3 is 0 Å². The third kappa shape index (κ3) is 4.88. The number of anilines is 2. The van der Waals surface area contributed by atoms with Gasteiger partial charge >= 0.3 is 0 Å². The Morgan fingerprint density at radius 2 is 1.60 bits per heavy atom. The van der Waals surface area contributed by atoms with Crippen molar-refractivity contribution in [1.82, 2.24) is 14.5 Å². The average molecular weight is 485 g/mol. The monoisotopic (exact) mass is 484 g/mol. The highest BCUT2D eigenvalue weighted by molar-refractivity contribution is 6.31. The van der Waals surface area contributed by atoms with Crippen LogP contribution in [0.3, 0.4) is 0 Å². The summed E-state index contributed by atoms with van der Waals surface area (Å²) in [7, 11) is 0. The lowest BCUT2D eigenvalue weighted by Crippen LogP contribution is -2.47. The topological polar surface area (TPSA) is 41.4 Å². The van der Waals surface area contributed by atoms with Crippen LogP contribution in [0.25, 0.3) is 0 Å². The normalized spacial score (nSPS) is 13.6. The molecule has 35 heavy (non-hydrogen) atoms. The van der Waals surface area contributed by atoms with Gasteiger partial charge in [-0.05, 0) is 48.2 Å². The van der Waals surface area contributed by atoms with Gasteiger partial charge in [0.25, 0.3) is 5.56 Å². The van der Waals surface area contributed by atoms with E-state index in [9.17, 15) is 4.79 Å². The second kappa shape index (κ2) is 10.1. The number of nitrogens with zero attached hydrogens (tertiary/aromatic N) is 4. The van der Waals surface area contributed by atoms with E-state index < -0.39 is 0 Å². The van der Waals surface area contributed by atoms with Crippen LogP contribution in [0.15, 0.2) is 83.7 Å². The van der Waals surface area contributed by atoms with Gasteiger partial charge in [0.15, 0.2) is 0 Å². The van der Waals surface area contributed by atoms with Gasteiger partial charge in [0.05, 0.1) is 19.0 Å². The van der Waals surface area contributed by atoms with Gasteiger partial charge in [0.1, 0.15) is 0 Å². The van der Waals surface area contributed by atoms with Crippen molar-refractivity contribution < 1.29 is 0 Å². The van der Waals surface area contributed by atoms with Crippen molar-refractivity contribution in [3.05, 3.63) is 122 Å². The molecule has 0 radical (unpaired) electrons. The number of benzene rings is 3. The second-order valence-electron chi connectivity index (χ2n) is 9.02. The predicted octanol–water partition coefficient (Wildman–Crippen LogP) is 5.93. The molecule has 0 N–H and O–H groups in total. The Bertz CT molecular complexity index is 1380. The summed E-state index contributed by atoms with van der Waals surface area (Å²) in [4.78, 5) is 23.1. The zero-order valence-corrected chi connectivity index (χ0v) is 20.9. The summed E-state index contributed by atoms with van der Waals surface area (Å²) in [5.74, 6) is 0.684. The first-order valence-electron chi connectivity index (χ1n) is 12.0. The first kappa shape index (κ1) is 23.3. The molecule has 5 nitrogen and oxygen atoms in total. The van der Waals surface area contributed by atoms with E-state index in [2.05, 4.69) is 41.0 Å². The Balaban J connectivity index is 1.57. The van der Waals surface area contributed by atoms with Crippen LogP contribution in [0, 0.1) is 6.92 Å². The van der Waals surface area contributed by atoms with Crippen LogP contribution in [0.2, 0.25) is 5.02 Å². The molecule has 4 aromatic rings. The zero-order chi connectivity index (χ0) is 24.4. The van der Waals surface area contributed by atoms with Gasteiger partial charge in [-0.2, -0.15) is 0 Å². The Kier molecular flexibility index (Phi) is 6.71. The van der Waals surface area contributed by atoms with Gasteiger partial charge in [0.2, 0.25) is 5.95 Å². The van der Waals surface area contributed by atoms with Crippen LogP contribution in [0.4, 0.5) is 11.6 Å². The lowest BCUT2D eigenvalue weighted by Gasteiger charge is -2.38. The van der Waals surface area contributed by atoms with E-state index in [1.54, 1.807) is 4.57 Å². The first-order chi connectivity index (χ1) is 17.0. The minimum atomic E-state index is 0.00962. The molecule has 2 heterocycles. The van der Waals surface area contributed by atoms with E-state index in [0.717, 1.165) is 39.5 Å². The minimum Gasteiger partial charge on any atom is -0.298 e.